The quantitative estimate of drug-likeness (QED) is 0.624. The molecular weight excluding hydrogens is 286 g/mol. The van der Waals surface area contributed by atoms with E-state index in [0.29, 0.717) is 28.1 Å². The number of imidazole rings is 1. The maximum atomic E-state index is 11.6. The summed E-state index contributed by atoms with van der Waals surface area (Å²) >= 11 is 0. The van der Waals surface area contributed by atoms with Crippen molar-refractivity contribution in [3.63, 3.8) is 0 Å². The predicted molar refractivity (Wildman–Crippen MR) is 78.1 cm³/mol. The van der Waals surface area contributed by atoms with Crippen molar-refractivity contribution in [1.82, 2.24) is 20.2 Å². The highest BCUT2D eigenvalue weighted by molar-refractivity contribution is 6.04. The smallest absolute Gasteiger partial charge is 0.356 e. The van der Waals surface area contributed by atoms with Crippen molar-refractivity contribution >= 4 is 22.9 Å². The van der Waals surface area contributed by atoms with Crippen LogP contribution in [0.4, 0.5) is 0 Å². The van der Waals surface area contributed by atoms with E-state index >= 15 is 0 Å². The summed E-state index contributed by atoms with van der Waals surface area (Å²) in [4.78, 5) is 30.4. The number of ether oxygens (including phenoxy) is 1. The lowest BCUT2D eigenvalue weighted by Gasteiger charge is -1.95. The predicted octanol–water partition coefficient (Wildman–Crippen LogP) is 1.23. The second kappa shape index (κ2) is 5.32. The van der Waals surface area contributed by atoms with E-state index in [-0.39, 0.29) is 12.3 Å². The summed E-state index contributed by atoms with van der Waals surface area (Å²) in [5, 5.41) is 6.62. The van der Waals surface area contributed by atoms with E-state index in [0.717, 1.165) is 0 Å². The molecule has 0 radical (unpaired) electrons. The molecule has 0 unspecified atom stereocenters. The summed E-state index contributed by atoms with van der Waals surface area (Å²) in [6, 6.07) is 6.61. The second-order valence-corrected chi connectivity index (χ2v) is 4.54. The fourth-order valence-electron chi connectivity index (χ4n) is 2.11. The second-order valence-electron chi connectivity index (χ2n) is 4.54. The van der Waals surface area contributed by atoms with Crippen LogP contribution in [0.15, 0.2) is 24.3 Å². The fourth-order valence-corrected chi connectivity index (χ4v) is 2.11. The Morgan fingerprint density at radius 3 is 2.91 bits per heavy atom. The number of hydrogen-bond acceptors (Lipinski definition) is 5. The SMILES string of the molecule is CCOC(=O)c1cc(-c2nc3c(C(N)=O)cccc3[nH]2)n[nH]1. The van der Waals surface area contributed by atoms with Gasteiger partial charge in [-0.05, 0) is 19.1 Å². The molecule has 3 aromatic rings. The minimum atomic E-state index is -0.558. The van der Waals surface area contributed by atoms with Gasteiger partial charge in [-0.2, -0.15) is 5.10 Å². The van der Waals surface area contributed by atoms with Crippen LogP contribution < -0.4 is 5.73 Å². The first-order valence-electron chi connectivity index (χ1n) is 6.61. The van der Waals surface area contributed by atoms with E-state index in [4.69, 9.17) is 10.5 Å². The van der Waals surface area contributed by atoms with Gasteiger partial charge < -0.3 is 15.5 Å². The molecule has 0 atom stereocenters. The molecular formula is C14H13N5O3. The van der Waals surface area contributed by atoms with Gasteiger partial charge in [-0.25, -0.2) is 9.78 Å². The lowest BCUT2D eigenvalue weighted by Crippen LogP contribution is -2.11. The number of aromatic amines is 2. The molecule has 0 aliphatic rings. The highest BCUT2D eigenvalue weighted by Crippen LogP contribution is 2.22. The van der Waals surface area contributed by atoms with Gasteiger partial charge in [0, 0.05) is 6.07 Å². The molecule has 4 N–H and O–H groups in total. The number of primary amides is 1. The van der Waals surface area contributed by atoms with Gasteiger partial charge in [-0.1, -0.05) is 6.07 Å². The van der Waals surface area contributed by atoms with Crippen molar-refractivity contribution in [2.24, 2.45) is 5.73 Å². The van der Waals surface area contributed by atoms with Crippen LogP contribution in [0.5, 0.6) is 0 Å². The van der Waals surface area contributed by atoms with Gasteiger partial charge in [0.05, 0.1) is 17.7 Å². The molecule has 0 saturated carbocycles. The van der Waals surface area contributed by atoms with Gasteiger partial charge in [0.1, 0.15) is 16.9 Å². The average Bonchev–Trinajstić information content (AvgIpc) is 3.13. The van der Waals surface area contributed by atoms with Crippen LogP contribution >= 0.6 is 0 Å². The number of rotatable bonds is 4. The number of hydrogen-bond donors (Lipinski definition) is 3. The number of para-hydroxylation sites is 1. The third-order valence-electron chi connectivity index (χ3n) is 3.09. The molecule has 1 aromatic carbocycles. The van der Waals surface area contributed by atoms with Gasteiger partial charge in [-0.3, -0.25) is 9.89 Å². The number of carbonyl (C=O) groups excluding carboxylic acids is 2. The number of esters is 1. The Kier molecular flexibility index (Phi) is 3.34. The van der Waals surface area contributed by atoms with Crippen LogP contribution in [-0.2, 0) is 4.74 Å². The summed E-state index contributed by atoms with van der Waals surface area (Å²) < 4.78 is 4.88. The minimum absolute atomic E-state index is 0.229. The Bertz CT molecular complexity index is 864. The number of aromatic nitrogens is 4. The molecule has 0 bridgehead atoms. The Morgan fingerprint density at radius 2 is 2.18 bits per heavy atom. The van der Waals surface area contributed by atoms with Gasteiger partial charge >= 0.3 is 5.97 Å². The van der Waals surface area contributed by atoms with Gasteiger partial charge in [0.15, 0.2) is 5.82 Å². The molecule has 8 heteroatoms. The lowest BCUT2D eigenvalue weighted by atomic mass is 10.2. The molecule has 8 nitrogen and oxygen atoms in total. The average molecular weight is 299 g/mol. The largest absolute Gasteiger partial charge is 0.461 e. The topological polar surface area (TPSA) is 127 Å². The number of carbonyl (C=O) groups is 2. The van der Waals surface area contributed by atoms with Crippen molar-refractivity contribution in [2.75, 3.05) is 6.61 Å². The van der Waals surface area contributed by atoms with Crippen LogP contribution in [-0.4, -0.2) is 38.6 Å². The van der Waals surface area contributed by atoms with Crippen LogP contribution in [0.3, 0.4) is 0 Å². The first kappa shape index (κ1) is 13.8. The van der Waals surface area contributed by atoms with E-state index in [1.807, 2.05) is 0 Å². The normalized spacial score (nSPS) is 10.8. The van der Waals surface area contributed by atoms with E-state index < -0.39 is 11.9 Å². The summed E-state index contributed by atoms with van der Waals surface area (Å²) in [5.41, 5.74) is 7.44. The van der Waals surface area contributed by atoms with Crippen molar-refractivity contribution in [2.45, 2.75) is 6.92 Å². The molecule has 22 heavy (non-hydrogen) atoms. The van der Waals surface area contributed by atoms with Crippen molar-refractivity contribution < 1.29 is 14.3 Å². The summed E-state index contributed by atoms with van der Waals surface area (Å²) in [5.74, 6) is -0.622. The third-order valence-corrected chi connectivity index (χ3v) is 3.09. The number of nitrogens with zero attached hydrogens (tertiary/aromatic N) is 2. The molecule has 3 rings (SSSR count). The number of benzene rings is 1. The van der Waals surface area contributed by atoms with E-state index in [2.05, 4.69) is 20.2 Å². The van der Waals surface area contributed by atoms with Crippen LogP contribution in [0, 0.1) is 0 Å². The Balaban J connectivity index is 2.02. The van der Waals surface area contributed by atoms with Gasteiger partial charge in [0.25, 0.3) is 5.91 Å². The molecule has 0 fully saturated rings. The molecule has 0 aliphatic heterocycles. The summed E-state index contributed by atoms with van der Waals surface area (Å²) in [6.07, 6.45) is 0. The number of nitrogens with one attached hydrogen (secondary N) is 2. The number of amides is 1. The zero-order chi connectivity index (χ0) is 15.7. The molecule has 112 valence electrons. The molecule has 0 saturated heterocycles. The Hall–Kier alpha value is -3.16. The first-order chi connectivity index (χ1) is 10.6. The zero-order valence-corrected chi connectivity index (χ0v) is 11.7. The van der Waals surface area contributed by atoms with Crippen molar-refractivity contribution in [1.29, 1.82) is 0 Å². The molecule has 0 aliphatic carbocycles. The molecule has 1 amide bonds. The molecule has 2 aromatic heterocycles. The number of H-pyrrole nitrogens is 2. The number of fused-ring (bicyclic) bond motifs is 1. The van der Waals surface area contributed by atoms with Crippen LogP contribution in [0.25, 0.3) is 22.6 Å². The maximum absolute atomic E-state index is 11.6. The van der Waals surface area contributed by atoms with E-state index in [9.17, 15) is 9.59 Å². The molecule has 0 spiro atoms. The van der Waals surface area contributed by atoms with E-state index in [1.165, 1.54) is 6.07 Å². The highest BCUT2D eigenvalue weighted by Gasteiger charge is 2.16. The standard InChI is InChI=1S/C14H13N5O3/c1-2-22-14(21)10-6-9(18-19-10)13-16-8-5-3-4-7(12(15)20)11(8)17-13/h3-6H,2H2,1H3,(H2,15,20)(H,16,17)(H,18,19). The monoisotopic (exact) mass is 299 g/mol. The fraction of sp³-hybridized carbons (Fsp3) is 0.143. The van der Waals surface area contributed by atoms with Crippen LogP contribution in [0.1, 0.15) is 27.8 Å². The van der Waals surface area contributed by atoms with Crippen LogP contribution in [0.2, 0.25) is 0 Å². The Morgan fingerprint density at radius 1 is 1.36 bits per heavy atom. The lowest BCUT2D eigenvalue weighted by molar-refractivity contribution is 0.0519. The first-order valence-corrected chi connectivity index (χ1v) is 6.61. The highest BCUT2D eigenvalue weighted by atomic mass is 16.5. The minimum Gasteiger partial charge on any atom is -0.461 e. The zero-order valence-electron chi connectivity index (χ0n) is 11.7. The van der Waals surface area contributed by atoms with Gasteiger partial charge in [0.2, 0.25) is 0 Å². The van der Waals surface area contributed by atoms with Gasteiger partial charge in [-0.15, -0.1) is 0 Å². The van der Waals surface area contributed by atoms with Crippen molar-refractivity contribution in [3.8, 4) is 11.5 Å². The maximum Gasteiger partial charge on any atom is 0.356 e. The number of nitrogens with two attached hydrogens (primary N) is 1. The Labute approximate surface area is 124 Å². The van der Waals surface area contributed by atoms with Crippen molar-refractivity contribution in [3.05, 3.63) is 35.5 Å². The third kappa shape index (κ3) is 2.30. The molecule has 2 heterocycles. The summed E-state index contributed by atoms with van der Waals surface area (Å²) in [6.45, 7) is 2.00. The summed E-state index contributed by atoms with van der Waals surface area (Å²) in [7, 11) is 0. The van der Waals surface area contributed by atoms with E-state index in [1.54, 1.807) is 25.1 Å².